The molecule has 2 atom stereocenters. The molecular formula is C24H20ClF2N7O3. The molecule has 2 aromatic heterocycles. The number of aromatic nitrogens is 4. The zero-order valence-corrected chi connectivity index (χ0v) is 19.9. The molecule has 0 radical (unpaired) electrons. The first-order valence-electron chi connectivity index (χ1n) is 11.2. The summed E-state index contributed by atoms with van der Waals surface area (Å²) >= 11 is 6.20. The molecule has 0 saturated carbocycles. The Bertz CT molecular complexity index is 1540. The number of benzene rings is 2. The number of aromatic amines is 1. The minimum atomic E-state index is -1.45. The average molecular weight is 528 g/mol. The smallest absolute Gasteiger partial charge is 0.271 e. The van der Waals surface area contributed by atoms with Gasteiger partial charge in [0.15, 0.2) is 11.5 Å². The number of nitrogens with one attached hydrogen (secondary N) is 2. The summed E-state index contributed by atoms with van der Waals surface area (Å²) in [7, 11) is 0. The van der Waals surface area contributed by atoms with Crippen LogP contribution in [-0.2, 0) is 16.1 Å². The molecule has 5 rings (SSSR count). The number of carbonyl (C=O) groups is 3. The van der Waals surface area contributed by atoms with Crippen LogP contribution in [0.2, 0.25) is 5.02 Å². The molecule has 1 aliphatic rings. The normalized spacial score (nSPS) is 17.3. The summed E-state index contributed by atoms with van der Waals surface area (Å²) in [5.41, 5.74) is 6.32. The second kappa shape index (κ2) is 9.62. The fraction of sp³-hybridized carbons (Fsp3) is 0.208. The Kier molecular flexibility index (Phi) is 6.34. The molecule has 3 heterocycles. The van der Waals surface area contributed by atoms with Crippen molar-refractivity contribution in [3.63, 3.8) is 0 Å². The van der Waals surface area contributed by atoms with Gasteiger partial charge < -0.3 is 16.0 Å². The van der Waals surface area contributed by atoms with Gasteiger partial charge in [-0.25, -0.2) is 8.78 Å². The summed E-state index contributed by atoms with van der Waals surface area (Å²) in [4.78, 5) is 38.9. The van der Waals surface area contributed by atoms with Gasteiger partial charge in [0.25, 0.3) is 5.91 Å². The number of carbonyl (C=O) groups excluding carboxylic acids is 3. The van der Waals surface area contributed by atoms with Crippen LogP contribution in [0, 0.1) is 5.82 Å². The van der Waals surface area contributed by atoms with Gasteiger partial charge in [-0.15, -0.1) is 0 Å². The summed E-state index contributed by atoms with van der Waals surface area (Å²) in [5.74, 6) is -2.89. The van der Waals surface area contributed by atoms with Crippen LogP contribution in [0.25, 0.3) is 22.2 Å². The van der Waals surface area contributed by atoms with Gasteiger partial charge in [-0.05, 0) is 12.1 Å². The van der Waals surface area contributed by atoms with E-state index in [1.165, 1.54) is 23.0 Å². The van der Waals surface area contributed by atoms with Crippen LogP contribution < -0.4 is 11.1 Å². The number of hydrogen-bond acceptors (Lipinski definition) is 5. The van der Waals surface area contributed by atoms with Crippen molar-refractivity contribution in [3.05, 3.63) is 65.2 Å². The lowest BCUT2D eigenvalue weighted by molar-refractivity contribution is -0.137. The lowest BCUT2D eigenvalue weighted by Gasteiger charge is -2.24. The summed E-state index contributed by atoms with van der Waals surface area (Å²) in [6.45, 7) is -0.715. The van der Waals surface area contributed by atoms with Gasteiger partial charge in [0.05, 0.1) is 18.4 Å². The quantitative estimate of drug-likeness (QED) is 0.354. The highest BCUT2D eigenvalue weighted by atomic mass is 35.5. The maximum atomic E-state index is 15.3. The van der Waals surface area contributed by atoms with E-state index in [9.17, 15) is 18.8 Å². The molecule has 10 nitrogen and oxygen atoms in total. The zero-order valence-electron chi connectivity index (χ0n) is 19.1. The number of alkyl halides is 1. The molecule has 1 fully saturated rings. The third-order valence-electron chi connectivity index (χ3n) is 6.17. The van der Waals surface area contributed by atoms with Crippen molar-refractivity contribution in [2.75, 3.05) is 11.9 Å². The molecule has 2 aromatic carbocycles. The summed E-state index contributed by atoms with van der Waals surface area (Å²) in [6, 6.07) is 9.95. The first-order chi connectivity index (χ1) is 17.7. The molecule has 1 saturated heterocycles. The summed E-state index contributed by atoms with van der Waals surface area (Å²) < 4.78 is 30.9. The number of primary amides is 1. The maximum Gasteiger partial charge on any atom is 0.271 e. The van der Waals surface area contributed by atoms with E-state index in [-0.39, 0.29) is 35.4 Å². The Morgan fingerprint density at radius 2 is 1.92 bits per heavy atom. The van der Waals surface area contributed by atoms with Crippen LogP contribution in [0.3, 0.4) is 0 Å². The van der Waals surface area contributed by atoms with E-state index in [0.717, 1.165) is 4.90 Å². The van der Waals surface area contributed by atoms with Crippen molar-refractivity contribution in [3.8, 4) is 11.1 Å². The number of amides is 3. The van der Waals surface area contributed by atoms with E-state index in [4.69, 9.17) is 17.3 Å². The Hall–Kier alpha value is -4.32. The predicted octanol–water partition coefficient (Wildman–Crippen LogP) is 2.90. The predicted molar refractivity (Wildman–Crippen MR) is 131 cm³/mol. The van der Waals surface area contributed by atoms with E-state index in [2.05, 4.69) is 20.6 Å². The van der Waals surface area contributed by atoms with Crippen LogP contribution in [0.5, 0.6) is 0 Å². The summed E-state index contributed by atoms with van der Waals surface area (Å²) in [6.07, 6.45) is -0.342. The van der Waals surface area contributed by atoms with Gasteiger partial charge in [-0.3, -0.25) is 24.2 Å². The Morgan fingerprint density at radius 1 is 1.16 bits per heavy atom. The Morgan fingerprint density at radius 3 is 2.68 bits per heavy atom. The number of H-pyrrole nitrogens is 1. The zero-order chi connectivity index (χ0) is 26.3. The fourth-order valence-electron chi connectivity index (χ4n) is 4.43. The van der Waals surface area contributed by atoms with Crippen LogP contribution in [0.15, 0.2) is 48.7 Å². The van der Waals surface area contributed by atoms with Gasteiger partial charge in [0, 0.05) is 22.6 Å². The molecular weight excluding hydrogens is 508 g/mol. The molecule has 4 aromatic rings. The standard InChI is InChI=1S/C24H20ClF2N7O3/c25-15-6-2-1-4-13(15)14-5-3-7-16(20(14)27)30-24(37)17-8-12(26)10-33(17)19(35)11-34-18-9-29-31-21(18)22(32-34)23(28)36/h1-7,9,12,17H,8,10-11H2,(H2,28,36)(H,29,31)(H,30,37)/t12-,17+/m1/s1. The van der Waals surface area contributed by atoms with Gasteiger partial charge >= 0.3 is 0 Å². The maximum absolute atomic E-state index is 15.3. The fourth-order valence-corrected chi connectivity index (χ4v) is 4.66. The van der Waals surface area contributed by atoms with Crippen molar-refractivity contribution in [1.82, 2.24) is 24.9 Å². The van der Waals surface area contributed by atoms with Crippen LogP contribution in [0.1, 0.15) is 16.9 Å². The van der Waals surface area contributed by atoms with Crippen molar-refractivity contribution in [2.45, 2.75) is 25.2 Å². The lowest BCUT2D eigenvalue weighted by atomic mass is 10.0. The van der Waals surface area contributed by atoms with Gasteiger partial charge in [0.1, 0.15) is 29.8 Å². The molecule has 13 heteroatoms. The molecule has 4 N–H and O–H groups in total. The number of nitrogens with two attached hydrogens (primary N) is 1. The van der Waals surface area contributed by atoms with E-state index >= 15 is 4.39 Å². The van der Waals surface area contributed by atoms with E-state index < -0.39 is 42.3 Å². The second-order valence-electron chi connectivity index (χ2n) is 8.53. The van der Waals surface area contributed by atoms with Crippen LogP contribution in [0.4, 0.5) is 14.5 Å². The van der Waals surface area contributed by atoms with Crippen molar-refractivity contribution in [2.24, 2.45) is 5.73 Å². The van der Waals surface area contributed by atoms with E-state index in [1.807, 2.05) is 0 Å². The molecule has 0 spiro atoms. The topological polar surface area (TPSA) is 139 Å². The highest BCUT2D eigenvalue weighted by Crippen LogP contribution is 2.33. The minimum absolute atomic E-state index is 0.103. The first-order valence-corrected chi connectivity index (χ1v) is 11.6. The van der Waals surface area contributed by atoms with Crippen LogP contribution >= 0.6 is 11.6 Å². The molecule has 1 aliphatic heterocycles. The average Bonchev–Trinajstić information content (AvgIpc) is 3.57. The molecule has 0 unspecified atom stereocenters. The number of rotatable bonds is 6. The second-order valence-corrected chi connectivity index (χ2v) is 8.94. The highest BCUT2D eigenvalue weighted by Gasteiger charge is 2.40. The molecule has 0 aliphatic carbocycles. The number of fused-ring (bicyclic) bond motifs is 1. The third kappa shape index (κ3) is 4.51. The Labute approximate surface area is 213 Å². The number of likely N-dealkylation sites (tertiary alicyclic amines) is 1. The van der Waals surface area contributed by atoms with Crippen molar-refractivity contribution in [1.29, 1.82) is 0 Å². The van der Waals surface area contributed by atoms with Crippen molar-refractivity contribution >= 4 is 46.0 Å². The monoisotopic (exact) mass is 527 g/mol. The number of anilines is 1. The van der Waals surface area contributed by atoms with Gasteiger partial charge in [0.2, 0.25) is 11.8 Å². The number of halogens is 3. The summed E-state index contributed by atoms with van der Waals surface area (Å²) in [5, 5.41) is 13.3. The third-order valence-corrected chi connectivity index (χ3v) is 6.50. The number of hydrogen-bond donors (Lipinski definition) is 3. The van der Waals surface area contributed by atoms with Crippen LogP contribution in [-0.4, -0.2) is 61.4 Å². The molecule has 37 heavy (non-hydrogen) atoms. The Balaban J connectivity index is 1.37. The number of nitrogens with zero attached hydrogens (tertiary/aromatic N) is 4. The highest BCUT2D eigenvalue weighted by molar-refractivity contribution is 6.33. The minimum Gasteiger partial charge on any atom is -0.364 e. The molecule has 190 valence electrons. The van der Waals surface area contributed by atoms with E-state index in [0.29, 0.717) is 16.1 Å². The van der Waals surface area contributed by atoms with Crippen molar-refractivity contribution < 1.29 is 23.2 Å². The molecule has 3 amide bonds. The SMILES string of the molecule is NC(=O)c1nn(CC(=O)N2C[C@H](F)C[C@H]2C(=O)Nc2cccc(-c3ccccc3Cl)c2F)c2cn[nH]c12. The lowest BCUT2D eigenvalue weighted by Crippen LogP contribution is -2.44. The first kappa shape index (κ1) is 24.4. The van der Waals surface area contributed by atoms with Gasteiger partial charge in [-0.1, -0.05) is 41.9 Å². The van der Waals surface area contributed by atoms with Gasteiger partial charge in [-0.2, -0.15) is 10.2 Å². The largest absolute Gasteiger partial charge is 0.364 e. The van der Waals surface area contributed by atoms with E-state index in [1.54, 1.807) is 30.3 Å². The molecule has 0 bridgehead atoms.